The van der Waals surface area contributed by atoms with Gasteiger partial charge < -0.3 is 15.2 Å². The summed E-state index contributed by atoms with van der Waals surface area (Å²) in [4.78, 5) is 12.4. The monoisotopic (exact) mass is 295 g/mol. The Labute approximate surface area is 129 Å². The zero-order chi connectivity index (χ0) is 15.5. The predicted molar refractivity (Wildman–Crippen MR) is 83.2 cm³/mol. The van der Waals surface area contributed by atoms with E-state index < -0.39 is 5.97 Å². The molecular weight excluding hydrogens is 278 g/mol. The van der Waals surface area contributed by atoms with E-state index in [0.29, 0.717) is 17.9 Å². The Hall–Kier alpha value is -2.75. The maximum atomic E-state index is 12.4. The normalized spacial score (nSPS) is 16.7. The second kappa shape index (κ2) is 5.93. The molecule has 2 N–H and O–H groups in total. The van der Waals surface area contributed by atoms with Crippen LogP contribution in [0.2, 0.25) is 0 Å². The second-order valence-corrected chi connectivity index (χ2v) is 4.98. The summed E-state index contributed by atoms with van der Waals surface area (Å²) in [6.45, 7) is 2.06. The molecule has 0 aromatic heterocycles. The van der Waals surface area contributed by atoms with Gasteiger partial charge in [0.2, 0.25) is 5.88 Å². The molecule has 0 saturated carbocycles. The zero-order valence-corrected chi connectivity index (χ0v) is 12.3. The number of carbonyl (C=O) groups is 1. The molecule has 0 radical (unpaired) electrons. The summed E-state index contributed by atoms with van der Waals surface area (Å²) in [6.07, 6.45) is 0. The molecule has 4 heteroatoms. The number of esters is 1. The molecule has 22 heavy (non-hydrogen) atoms. The van der Waals surface area contributed by atoms with Crippen LogP contribution in [0.4, 0.5) is 0 Å². The van der Waals surface area contributed by atoms with Crippen LogP contribution in [0.3, 0.4) is 0 Å². The molecule has 1 aliphatic heterocycles. The van der Waals surface area contributed by atoms with Crippen LogP contribution >= 0.6 is 0 Å². The number of ether oxygens (including phenoxy) is 2. The molecule has 0 spiro atoms. The zero-order valence-electron chi connectivity index (χ0n) is 12.3. The Balaban J connectivity index is 2.17. The van der Waals surface area contributed by atoms with Gasteiger partial charge in [-0.15, -0.1) is 0 Å². The van der Waals surface area contributed by atoms with E-state index in [1.54, 1.807) is 6.92 Å². The van der Waals surface area contributed by atoms with Gasteiger partial charge in [0.15, 0.2) is 0 Å². The van der Waals surface area contributed by atoms with Crippen LogP contribution in [0, 0.1) is 0 Å². The summed E-state index contributed by atoms with van der Waals surface area (Å²) in [6, 6.07) is 17.3. The Morgan fingerprint density at radius 3 is 2.55 bits per heavy atom. The molecule has 1 atom stereocenters. The van der Waals surface area contributed by atoms with Gasteiger partial charge in [0.25, 0.3) is 0 Å². The van der Waals surface area contributed by atoms with Crippen LogP contribution in [0.5, 0.6) is 5.75 Å². The van der Waals surface area contributed by atoms with Crippen molar-refractivity contribution in [2.45, 2.75) is 12.8 Å². The Kier molecular flexibility index (Phi) is 3.83. The summed E-state index contributed by atoms with van der Waals surface area (Å²) in [5.74, 6) is 0.0430. The molecular formula is C18H17NO3. The molecule has 112 valence electrons. The first kappa shape index (κ1) is 14.2. The fourth-order valence-electron chi connectivity index (χ4n) is 2.70. The Morgan fingerprint density at radius 2 is 1.82 bits per heavy atom. The minimum atomic E-state index is -0.441. The highest BCUT2D eigenvalue weighted by molar-refractivity contribution is 5.92. The molecule has 1 heterocycles. The fourth-order valence-corrected chi connectivity index (χ4v) is 2.70. The van der Waals surface area contributed by atoms with Crippen molar-refractivity contribution < 1.29 is 14.3 Å². The van der Waals surface area contributed by atoms with E-state index in [2.05, 4.69) is 0 Å². The number of carbonyl (C=O) groups excluding carboxylic acids is 1. The number of hydrogen-bond acceptors (Lipinski definition) is 4. The molecule has 0 aliphatic carbocycles. The quantitative estimate of drug-likeness (QED) is 0.884. The van der Waals surface area contributed by atoms with Crippen molar-refractivity contribution in [1.82, 2.24) is 0 Å². The van der Waals surface area contributed by atoms with E-state index in [9.17, 15) is 4.79 Å². The second-order valence-electron chi connectivity index (χ2n) is 4.98. The summed E-state index contributed by atoms with van der Waals surface area (Å²) in [5, 5.41) is 0. The van der Waals surface area contributed by atoms with Gasteiger partial charge in [0.05, 0.1) is 12.5 Å². The summed E-state index contributed by atoms with van der Waals surface area (Å²) in [5.41, 5.74) is 8.25. The van der Waals surface area contributed by atoms with Crippen molar-refractivity contribution in [3.8, 4) is 5.75 Å². The number of para-hydroxylation sites is 1. The third-order valence-electron chi connectivity index (χ3n) is 3.63. The first-order valence-electron chi connectivity index (χ1n) is 7.21. The first-order valence-corrected chi connectivity index (χ1v) is 7.21. The van der Waals surface area contributed by atoms with E-state index in [-0.39, 0.29) is 11.8 Å². The highest BCUT2D eigenvalue weighted by Gasteiger charge is 2.35. The smallest absolute Gasteiger partial charge is 0.340 e. The Bertz CT molecular complexity index is 722. The van der Waals surface area contributed by atoms with Crippen molar-refractivity contribution in [2.75, 3.05) is 6.61 Å². The van der Waals surface area contributed by atoms with Gasteiger partial charge in [0.1, 0.15) is 11.3 Å². The molecule has 3 rings (SSSR count). The van der Waals surface area contributed by atoms with Gasteiger partial charge >= 0.3 is 5.97 Å². The van der Waals surface area contributed by atoms with E-state index in [1.165, 1.54) is 0 Å². The SMILES string of the molecule is CCOC(=O)C1=C(N)Oc2ccccc2[C@@H]1c1ccccc1. The average Bonchev–Trinajstić information content (AvgIpc) is 2.54. The predicted octanol–water partition coefficient (Wildman–Crippen LogP) is 2.94. The van der Waals surface area contributed by atoms with Gasteiger partial charge in [-0.1, -0.05) is 48.5 Å². The largest absolute Gasteiger partial charge is 0.462 e. The van der Waals surface area contributed by atoms with Crippen LogP contribution in [0.25, 0.3) is 0 Å². The summed E-state index contributed by atoms with van der Waals surface area (Å²) in [7, 11) is 0. The van der Waals surface area contributed by atoms with Gasteiger partial charge in [-0.3, -0.25) is 0 Å². The highest BCUT2D eigenvalue weighted by Crippen LogP contribution is 2.42. The highest BCUT2D eigenvalue weighted by atomic mass is 16.5. The topological polar surface area (TPSA) is 61.5 Å². The lowest BCUT2D eigenvalue weighted by Crippen LogP contribution is -2.27. The third-order valence-corrected chi connectivity index (χ3v) is 3.63. The van der Waals surface area contributed by atoms with Crippen LogP contribution in [-0.2, 0) is 9.53 Å². The molecule has 0 saturated heterocycles. The lowest BCUT2D eigenvalue weighted by molar-refractivity contribution is -0.139. The number of hydrogen-bond donors (Lipinski definition) is 1. The van der Waals surface area contributed by atoms with Crippen molar-refractivity contribution in [3.63, 3.8) is 0 Å². The van der Waals surface area contributed by atoms with Crippen molar-refractivity contribution in [1.29, 1.82) is 0 Å². The van der Waals surface area contributed by atoms with Gasteiger partial charge in [0, 0.05) is 5.56 Å². The molecule has 0 unspecified atom stereocenters. The number of rotatable bonds is 3. The third kappa shape index (κ3) is 2.44. The van der Waals surface area contributed by atoms with Crippen molar-refractivity contribution >= 4 is 5.97 Å². The van der Waals surface area contributed by atoms with E-state index in [1.807, 2.05) is 54.6 Å². The number of fused-ring (bicyclic) bond motifs is 1. The number of benzene rings is 2. The maximum Gasteiger partial charge on any atom is 0.340 e. The minimum Gasteiger partial charge on any atom is -0.462 e. The fraction of sp³-hybridized carbons (Fsp3) is 0.167. The Morgan fingerprint density at radius 1 is 1.14 bits per heavy atom. The summed E-state index contributed by atoms with van der Waals surface area (Å²) < 4.78 is 10.8. The van der Waals surface area contributed by atoms with Gasteiger partial charge in [-0.2, -0.15) is 0 Å². The van der Waals surface area contributed by atoms with Crippen molar-refractivity contribution in [3.05, 3.63) is 77.2 Å². The van der Waals surface area contributed by atoms with Crippen LogP contribution in [0.15, 0.2) is 66.1 Å². The van der Waals surface area contributed by atoms with E-state index in [0.717, 1.165) is 11.1 Å². The van der Waals surface area contributed by atoms with E-state index >= 15 is 0 Å². The lowest BCUT2D eigenvalue weighted by Gasteiger charge is -2.28. The summed E-state index contributed by atoms with van der Waals surface area (Å²) >= 11 is 0. The molecule has 2 aromatic rings. The minimum absolute atomic E-state index is 0.103. The van der Waals surface area contributed by atoms with Gasteiger partial charge in [-0.25, -0.2) is 4.79 Å². The molecule has 0 fully saturated rings. The maximum absolute atomic E-state index is 12.4. The molecule has 1 aliphatic rings. The van der Waals surface area contributed by atoms with Crippen molar-refractivity contribution in [2.24, 2.45) is 5.73 Å². The van der Waals surface area contributed by atoms with Crippen LogP contribution < -0.4 is 10.5 Å². The van der Waals surface area contributed by atoms with Crippen LogP contribution in [-0.4, -0.2) is 12.6 Å². The standard InChI is InChI=1S/C18H17NO3/c1-2-21-18(20)16-15(12-8-4-3-5-9-12)13-10-6-7-11-14(13)22-17(16)19/h3-11,15H,2,19H2,1H3/t15-/m0/s1. The molecule has 0 bridgehead atoms. The first-order chi connectivity index (χ1) is 10.7. The molecule has 2 aromatic carbocycles. The number of nitrogens with two attached hydrogens (primary N) is 1. The lowest BCUT2D eigenvalue weighted by atomic mass is 9.83. The van der Waals surface area contributed by atoms with Gasteiger partial charge in [-0.05, 0) is 18.6 Å². The molecule has 0 amide bonds. The molecule has 4 nitrogen and oxygen atoms in total. The van der Waals surface area contributed by atoms with E-state index in [4.69, 9.17) is 15.2 Å². The average molecular weight is 295 g/mol. The van der Waals surface area contributed by atoms with Crippen LogP contribution in [0.1, 0.15) is 24.0 Å².